The van der Waals surface area contributed by atoms with E-state index < -0.39 is 6.19 Å². The standard InChI is InChI=1S/C26H23N2OPS/c1-18-14-16-22(17-15-18)28-26(29)24-19(2)27(21-10-6-4-7-11-21)20(3)25(24)30(28,31)23-12-8-5-9-13-23/h4-17H,1-3H3. The van der Waals surface area contributed by atoms with E-state index in [2.05, 4.69) is 42.7 Å². The summed E-state index contributed by atoms with van der Waals surface area (Å²) >= 11 is 6.51. The number of carbonyl (C=O) groups excluding carboxylic acids is 1. The van der Waals surface area contributed by atoms with Crippen LogP contribution < -0.4 is 15.3 Å². The fraction of sp³-hybridized carbons (Fsp3) is 0.115. The highest BCUT2D eigenvalue weighted by Crippen LogP contribution is 2.57. The minimum absolute atomic E-state index is 0.00122. The zero-order chi connectivity index (χ0) is 21.8. The quantitative estimate of drug-likeness (QED) is 0.397. The van der Waals surface area contributed by atoms with Gasteiger partial charge in [-0.15, -0.1) is 0 Å². The molecule has 4 aromatic rings. The number of amides is 1. The second-order valence-corrected chi connectivity index (χ2v) is 12.0. The van der Waals surface area contributed by atoms with E-state index in [0.29, 0.717) is 0 Å². The van der Waals surface area contributed by atoms with Gasteiger partial charge >= 0.3 is 0 Å². The molecule has 3 aromatic carbocycles. The summed E-state index contributed by atoms with van der Waals surface area (Å²) in [4.78, 5) is 14.0. The summed E-state index contributed by atoms with van der Waals surface area (Å²) in [5, 5.41) is 2.05. The van der Waals surface area contributed by atoms with Crippen molar-refractivity contribution >= 4 is 40.2 Å². The zero-order valence-electron chi connectivity index (χ0n) is 17.7. The first kappa shape index (κ1) is 20.0. The van der Waals surface area contributed by atoms with Crippen molar-refractivity contribution in [2.45, 2.75) is 20.8 Å². The first-order valence-electron chi connectivity index (χ1n) is 10.3. The van der Waals surface area contributed by atoms with E-state index in [4.69, 9.17) is 11.8 Å². The smallest absolute Gasteiger partial charge is 0.265 e. The number of hydrogen-bond donors (Lipinski definition) is 0. The number of hydrogen-bond acceptors (Lipinski definition) is 2. The van der Waals surface area contributed by atoms with Gasteiger partial charge in [-0.2, -0.15) is 0 Å². The molecule has 0 radical (unpaired) electrons. The van der Waals surface area contributed by atoms with Crippen LogP contribution in [0.2, 0.25) is 0 Å². The molecule has 3 nitrogen and oxygen atoms in total. The molecule has 154 valence electrons. The van der Waals surface area contributed by atoms with Crippen molar-refractivity contribution in [3.05, 3.63) is 107 Å². The first-order valence-corrected chi connectivity index (χ1v) is 13.0. The second-order valence-electron chi connectivity index (χ2n) is 7.93. The lowest BCUT2D eigenvalue weighted by Crippen LogP contribution is -2.29. The fourth-order valence-corrected chi connectivity index (χ4v) is 9.31. The van der Waals surface area contributed by atoms with Crippen molar-refractivity contribution in [1.29, 1.82) is 0 Å². The molecular weight excluding hydrogens is 419 g/mol. The molecule has 1 amide bonds. The summed E-state index contributed by atoms with van der Waals surface area (Å²) in [6.45, 7) is 6.17. The van der Waals surface area contributed by atoms with Gasteiger partial charge in [0.25, 0.3) is 5.91 Å². The van der Waals surface area contributed by atoms with Crippen LogP contribution in [0.15, 0.2) is 84.9 Å². The molecule has 1 aliphatic rings. The Morgan fingerprint density at radius 2 is 1.29 bits per heavy atom. The Labute approximate surface area is 188 Å². The molecule has 5 heteroatoms. The highest BCUT2D eigenvalue weighted by Gasteiger charge is 2.48. The van der Waals surface area contributed by atoms with Crippen molar-refractivity contribution in [1.82, 2.24) is 4.57 Å². The lowest BCUT2D eigenvalue weighted by molar-refractivity contribution is 0.101. The third-order valence-corrected chi connectivity index (χ3v) is 10.8. The molecule has 2 heterocycles. The maximum absolute atomic E-state index is 14.0. The molecule has 0 fully saturated rings. The van der Waals surface area contributed by atoms with Crippen molar-refractivity contribution in [3.63, 3.8) is 0 Å². The number of para-hydroxylation sites is 1. The molecular formula is C26H23N2OPS. The monoisotopic (exact) mass is 442 g/mol. The Morgan fingerprint density at radius 1 is 0.710 bits per heavy atom. The third-order valence-electron chi connectivity index (χ3n) is 6.00. The van der Waals surface area contributed by atoms with Gasteiger partial charge in [-0.1, -0.05) is 78.0 Å². The summed E-state index contributed by atoms with van der Waals surface area (Å²) in [6, 6.07) is 28.4. The van der Waals surface area contributed by atoms with Crippen LogP contribution in [0.1, 0.15) is 27.3 Å². The molecule has 0 bridgehead atoms. The van der Waals surface area contributed by atoms with Crippen LogP contribution in [0.5, 0.6) is 0 Å². The Hall–Kier alpha value is -2.94. The van der Waals surface area contributed by atoms with Gasteiger partial charge in [-0.05, 0) is 45.0 Å². The molecule has 0 N–H and O–H groups in total. The topological polar surface area (TPSA) is 25.2 Å². The van der Waals surface area contributed by atoms with Gasteiger partial charge in [-0.25, -0.2) is 0 Å². The summed E-state index contributed by atoms with van der Waals surface area (Å²) in [5.41, 5.74) is 5.83. The number of anilines is 1. The van der Waals surface area contributed by atoms with Crippen molar-refractivity contribution in [2.75, 3.05) is 4.67 Å². The van der Waals surface area contributed by atoms with Gasteiger partial charge in [0.2, 0.25) is 0 Å². The van der Waals surface area contributed by atoms with Crippen LogP contribution in [0.25, 0.3) is 5.69 Å². The molecule has 1 unspecified atom stereocenters. The van der Waals surface area contributed by atoms with Crippen LogP contribution in [-0.2, 0) is 11.8 Å². The first-order chi connectivity index (χ1) is 14.9. The van der Waals surface area contributed by atoms with Gasteiger partial charge in [0.15, 0.2) is 0 Å². The third kappa shape index (κ3) is 2.86. The highest BCUT2D eigenvalue weighted by atomic mass is 32.4. The van der Waals surface area contributed by atoms with E-state index in [9.17, 15) is 4.79 Å². The SMILES string of the molecule is Cc1ccc(N2C(=O)c3c(c(C)n(-c4ccccc4)c3C)P2(=S)c2ccccc2)cc1. The predicted octanol–water partition coefficient (Wildman–Crippen LogP) is 5.41. The van der Waals surface area contributed by atoms with Gasteiger partial charge in [-0.3, -0.25) is 9.46 Å². The lowest BCUT2D eigenvalue weighted by atomic mass is 10.2. The van der Waals surface area contributed by atoms with Crippen LogP contribution >= 0.6 is 6.19 Å². The Morgan fingerprint density at radius 3 is 1.90 bits per heavy atom. The van der Waals surface area contributed by atoms with Crippen LogP contribution in [0.3, 0.4) is 0 Å². The summed E-state index contributed by atoms with van der Waals surface area (Å²) in [5.74, 6) is 0.00122. The average molecular weight is 443 g/mol. The number of nitrogens with zero attached hydrogens (tertiary/aromatic N) is 2. The summed E-state index contributed by atoms with van der Waals surface area (Å²) in [6.07, 6.45) is -2.58. The fourth-order valence-electron chi connectivity index (χ4n) is 4.59. The van der Waals surface area contributed by atoms with Crippen LogP contribution in [0, 0.1) is 20.8 Å². The van der Waals surface area contributed by atoms with Gasteiger partial charge in [0.1, 0.15) is 6.19 Å². The predicted molar refractivity (Wildman–Crippen MR) is 133 cm³/mol. The molecule has 0 aliphatic carbocycles. The molecule has 0 saturated carbocycles. The molecule has 1 aliphatic heterocycles. The van der Waals surface area contributed by atoms with Crippen molar-refractivity contribution in [2.24, 2.45) is 0 Å². The number of fused-ring (bicyclic) bond motifs is 1. The van der Waals surface area contributed by atoms with Gasteiger partial charge < -0.3 is 4.57 Å². The Balaban J connectivity index is 1.83. The lowest BCUT2D eigenvalue weighted by Gasteiger charge is -2.31. The second kappa shape index (κ2) is 7.33. The Bertz CT molecular complexity index is 1340. The maximum atomic E-state index is 14.0. The Kier molecular flexibility index (Phi) is 4.73. The van der Waals surface area contributed by atoms with E-state index in [1.165, 1.54) is 0 Å². The number of benzene rings is 3. The van der Waals surface area contributed by atoms with E-state index in [1.54, 1.807) is 0 Å². The number of aromatic nitrogens is 1. The van der Waals surface area contributed by atoms with E-state index in [-0.39, 0.29) is 5.91 Å². The van der Waals surface area contributed by atoms with Crippen LogP contribution in [0.4, 0.5) is 5.69 Å². The molecule has 1 atom stereocenters. The zero-order valence-corrected chi connectivity index (χ0v) is 19.5. The molecule has 5 rings (SSSR count). The normalized spacial score (nSPS) is 17.8. The van der Waals surface area contributed by atoms with Crippen LogP contribution in [-0.4, -0.2) is 10.5 Å². The van der Waals surface area contributed by atoms with E-state index >= 15 is 0 Å². The molecule has 0 spiro atoms. The van der Waals surface area contributed by atoms with Gasteiger partial charge in [0.05, 0.1) is 5.56 Å². The van der Waals surface area contributed by atoms with Gasteiger partial charge in [0, 0.05) is 33.4 Å². The van der Waals surface area contributed by atoms with E-state index in [1.807, 2.05) is 72.3 Å². The number of carbonyl (C=O) groups is 1. The van der Waals surface area contributed by atoms with E-state index in [0.717, 1.165) is 44.5 Å². The molecule has 0 saturated heterocycles. The highest BCUT2D eigenvalue weighted by molar-refractivity contribution is 8.23. The number of aryl methyl sites for hydroxylation is 1. The minimum atomic E-state index is -2.58. The largest absolute Gasteiger partial charge is 0.317 e. The summed E-state index contributed by atoms with van der Waals surface area (Å²) < 4.78 is 4.08. The molecule has 1 aromatic heterocycles. The minimum Gasteiger partial charge on any atom is -0.317 e. The van der Waals surface area contributed by atoms with Crippen molar-refractivity contribution in [3.8, 4) is 5.69 Å². The maximum Gasteiger partial charge on any atom is 0.265 e. The summed E-state index contributed by atoms with van der Waals surface area (Å²) in [7, 11) is 0. The number of rotatable bonds is 3. The average Bonchev–Trinajstić information content (AvgIpc) is 3.20. The van der Waals surface area contributed by atoms with Crippen molar-refractivity contribution < 1.29 is 4.79 Å². The molecule has 31 heavy (non-hydrogen) atoms.